The molecule has 0 saturated heterocycles. The highest BCUT2D eigenvalue weighted by Crippen LogP contribution is 2.34. The Balaban J connectivity index is 1.77. The van der Waals surface area contributed by atoms with Crippen LogP contribution < -0.4 is 14.8 Å². The van der Waals surface area contributed by atoms with Crippen molar-refractivity contribution in [3.63, 3.8) is 0 Å². The smallest absolute Gasteiger partial charge is 0.161 e. The maximum atomic E-state index is 5.64. The van der Waals surface area contributed by atoms with Gasteiger partial charge in [0.2, 0.25) is 0 Å². The van der Waals surface area contributed by atoms with E-state index in [9.17, 15) is 0 Å². The number of fused-ring (bicyclic) bond motifs is 1. The SMILES string of the molecule is CC(C)NCc1ccc(-c2ccc3c(c2)OCCO3)cc1. The van der Waals surface area contributed by atoms with Crippen molar-refractivity contribution in [3.8, 4) is 22.6 Å². The fourth-order valence-corrected chi connectivity index (χ4v) is 2.36. The van der Waals surface area contributed by atoms with Gasteiger partial charge in [0.1, 0.15) is 13.2 Å². The van der Waals surface area contributed by atoms with Crippen molar-refractivity contribution in [2.24, 2.45) is 0 Å². The molecular weight excluding hydrogens is 262 g/mol. The van der Waals surface area contributed by atoms with Crippen LogP contribution in [0, 0.1) is 0 Å². The summed E-state index contributed by atoms with van der Waals surface area (Å²) in [6.07, 6.45) is 0. The Morgan fingerprint density at radius 2 is 1.57 bits per heavy atom. The minimum atomic E-state index is 0.502. The Morgan fingerprint density at radius 1 is 0.905 bits per heavy atom. The summed E-state index contributed by atoms with van der Waals surface area (Å²) in [7, 11) is 0. The summed E-state index contributed by atoms with van der Waals surface area (Å²) in [5, 5.41) is 3.43. The van der Waals surface area contributed by atoms with Gasteiger partial charge in [0.15, 0.2) is 11.5 Å². The van der Waals surface area contributed by atoms with Crippen molar-refractivity contribution >= 4 is 0 Å². The van der Waals surface area contributed by atoms with Crippen LogP contribution in [0.3, 0.4) is 0 Å². The highest BCUT2D eigenvalue weighted by atomic mass is 16.6. The molecule has 2 aromatic carbocycles. The van der Waals surface area contributed by atoms with Crippen LogP contribution in [0.5, 0.6) is 11.5 Å². The van der Waals surface area contributed by atoms with Gasteiger partial charge < -0.3 is 14.8 Å². The number of ether oxygens (including phenoxy) is 2. The Bertz CT molecular complexity index is 605. The molecule has 0 fully saturated rings. The quantitative estimate of drug-likeness (QED) is 0.929. The molecule has 1 aliphatic rings. The number of nitrogens with one attached hydrogen (secondary N) is 1. The lowest BCUT2D eigenvalue weighted by atomic mass is 10.0. The lowest BCUT2D eigenvalue weighted by Gasteiger charge is -2.19. The first-order valence-corrected chi connectivity index (χ1v) is 7.45. The third-order valence-electron chi connectivity index (χ3n) is 3.54. The van der Waals surface area contributed by atoms with Crippen molar-refractivity contribution in [2.45, 2.75) is 26.4 Å². The summed E-state index contributed by atoms with van der Waals surface area (Å²) >= 11 is 0. The molecule has 3 rings (SSSR count). The summed E-state index contributed by atoms with van der Waals surface area (Å²) < 4.78 is 11.2. The Kier molecular flexibility index (Phi) is 4.11. The van der Waals surface area contributed by atoms with Gasteiger partial charge in [-0.3, -0.25) is 0 Å². The average Bonchev–Trinajstić information content (AvgIpc) is 2.53. The standard InChI is InChI=1S/C18H21NO2/c1-13(2)19-12-14-3-5-15(6-4-14)16-7-8-17-18(11-16)21-10-9-20-17/h3-8,11,13,19H,9-10,12H2,1-2H3. The van der Waals surface area contributed by atoms with Crippen LogP contribution in [0.1, 0.15) is 19.4 Å². The van der Waals surface area contributed by atoms with Crippen LogP contribution in [-0.4, -0.2) is 19.3 Å². The lowest BCUT2D eigenvalue weighted by molar-refractivity contribution is 0.171. The minimum absolute atomic E-state index is 0.502. The number of benzene rings is 2. The maximum Gasteiger partial charge on any atom is 0.161 e. The second kappa shape index (κ2) is 6.19. The molecule has 3 nitrogen and oxygen atoms in total. The summed E-state index contributed by atoms with van der Waals surface area (Å²) in [6, 6.07) is 15.3. The van der Waals surface area contributed by atoms with E-state index in [1.54, 1.807) is 0 Å². The molecule has 0 spiro atoms. The molecule has 0 aromatic heterocycles. The molecule has 3 heteroatoms. The second-order valence-corrected chi connectivity index (χ2v) is 5.59. The van der Waals surface area contributed by atoms with Crippen molar-refractivity contribution in [1.29, 1.82) is 0 Å². The fraction of sp³-hybridized carbons (Fsp3) is 0.333. The molecule has 0 radical (unpaired) electrons. The summed E-state index contributed by atoms with van der Waals surface area (Å²) in [6.45, 7) is 6.46. The molecule has 0 aliphatic carbocycles. The van der Waals surface area contributed by atoms with E-state index in [4.69, 9.17) is 9.47 Å². The number of rotatable bonds is 4. The van der Waals surface area contributed by atoms with Crippen LogP contribution in [0.2, 0.25) is 0 Å². The van der Waals surface area contributed by atoms with Gasteiger partial charge >= 0.3 is 0 Å². The van der Waals surface area contributed by atoms with Crippen LogP contribution in [0.25, 0.3) is 11.1 Å². The Hall–Kier alpha value is -2.00. The molecular formula is C18H21NO2. The lowest BCUT2D eigenvalue weighted by Crippen LogP contribution is -2.21. The van der Waals surface area contributed by atoms with E-state index in [2.05, 4.69) is 55.6 Å². The molecule has 0 atom stereocenters. The van der Waals surface area contributed by atoms with Gasteiger partial charge in [0, 0.05) is 12.6 Å². The zero-order chi connectivity index (χ0) is 14.7. The Labute approximate surface area is 125 Å². The summed E-state index contributed by atoms with van der Waals surface area (Å²) in [5.41, 5.74) is 3.65. The molecule has 1 aliphatic heterocycles. The van der Waals surface area contributed by atoms with E-state index in [1.165, 1.54) is 11.1 Å². The van der Waals surface area contributed by atoms with Crippen molar-refractivity contribution < 1.29 is 9.47 Å². The van der Waals surface area contributed by atoms with Gasteiger partial charge in [0.05, 0.1) is 0 Å². The third kappa shape index (κ3) is 3.37. The van der Waals surface area contributed by atoms with E-state index >= 15 is 0 Å². The van der Waals surface area contributed by atoms with Crippen LogP contribution in [-0.2, 0) is 6.54 Å². The summed E-state index contributed by atoms with van der Waals surface area (Å²) in [5.74, 6) is 1.67. The van der Waals surface area contributed by atoms with Crippen LogP contribution >= 0.6 is 0 Å². The topological polar surface area (TPSA) is 30.5 Å². The molecule has 0 amide bonds. The first-order valence-electron chi connectivity index (χ1n) is 7.45. The highest BCUT2D eigenvalue weighted by Gasteiger charge is 2.12. The molecule has 110 valence electrons. The molecule has 0 bridgehead atoms. The van der Waals surface area contributed by atoms with Crippen molar-refractivity contribution in [2.75, 3.05) is 13.2 Å². The molecule has 0 unspecified atom stereocenters. The fourth-order valence-electron chi connectivity index (χ4n) is 2.36. The predicted molar refractivity (Wildman–Crippen MR) is 84.8 cm³/mol. The van der Waals surface area contributed by atoms with E-state index in [1.807, 2.05) is 6.07 Å². The normalized spacial score (nSPS) is 13.5. The highest BCUT2D eigenvalue weighted by molar-refractivity contribution is 5.67. The molecule has 0 saturated carbocycles. The Morgan fingerprint density at radius 3 is 2.29 bits per heavy atom. The largest absolute Gasteiger partial charge is 0.486 e. The van der Waals surface area contributed by atoms with E-state index < -0.39 is 0 Å². The van der Waals surface area contributed by atoms with Crippen molar-refractivity contribution in [3.05, 3.63) is 48.0 Å². The van der Waals surface area contributed by atoms with Gasteiger partial charge in [0.25, 0.3) is 0 Å². The predicted octanol–water partition coefficient (Wildman–Crippen LogP) is 3.62. The van der Waals surface area contributed by atoms with Crippen molar-refractivity contribution in [1.82, 2.24) is 5.32 Å². The third-order valence-corrected chi connectivity index (χ3v) is 3.54. The average molecular weight is 283 g/mol. The molecule has 21 heavy (non-hydrogen) atoms. The van der Waals surface area contributed by atoms with E-state index in [0.29, 0.717) is 19.3 Å². The van der Waals surface area contributed by atoms with Crippen LogP contribution in [0.4, 0.5) is 0 Å². The van der Waals surface area contributed by atoms with Gasteiger partial charge in [-0.2, -0.15) is 0 Å². The zero-order valence-corrected chi connectivity index (χ0v) is 12.6. The van der Waals surface area contributed by atoms with Gasteiger partial charge in [-0.15, -0.1) is 0 Å². The first-order chi connectivity index (χ1) is 10.2. The van der Waals surface area contributed by atoms with Gasteiger partial charge in [-0.05, 0) is 28.8 Å². The number of hydrogen-bond donors (Lipinski definition) is 1. The maximum absolute atomic E-state index is 5.64. The minimum Gasteiger partial charge on any atom is -0.486 e. The molecule has 1 N–H and O–H groups in total. The zero-order valence-electron chi connectivity index (χ0n) is 12.6. The van der Waals surface area contributed by atoms with E-state index in [-0.39, 0.29) is 0 Å². The van der Waals surface area contributed by atoms with E-state index in [0.717, 1.165) is 23.6 Å². The number of hydrogen-bond acceptors (Lipinski definition) is 3. The van der Waals surface area contributed by atoms with Gasteiger partial charge in [-0.1, -0.05) is 44.2 Å². The summed E-state index contributed by atoms with van der Waals surface area (Å²) in [4.78, 5) is 0. The van der Waals surface area contributed by atoms with Gasteiger partial charge in [-0.25, -0.2) is 0 Å². The molecule has 1 heterocycles. The monoisotopic (exact) mass is 283 g/mol. The first kappa shape index (κ1) is 14.0. The van der Waals surface area contributed by atoms with Crippen LogP contribution in [0.15, 0.2) is 42.5 Å². The second-order valence-electron chi connectivity index (χ2n) is 5.59. The molecule has 2 aromatic rings.